The number of aromatic nitrogens is 2. The molecule has 0 atom stereocenters. The van der Waals surface area contributed by atoms with Crippen LogP contribution in [0.2, 0.25) is 0 Å². The highest BCUT2D eigenvalue weighted by Crippen LogP contribution is 2.40. The average Bonchev–Trinajstić information content (AvgIpc) is 3.25. The van der Waals surface area contributed by atoms with E-state index in [9.17, 15) is 0 Å². The van der Waals surface area contributed by atoms with Gasteiger partial charge in [0.2, 0.25) is 0 Å². The van der Waals surface area contributed by atoms with Crippen molar-refractivity contribution in [2.45, 2.75) is 26.3 Å². The van der Waals surface area contributed by atoms with Crippen LogP contribution in [0.4, 0.5) is 0 Å². The fourth-order valence-electron chi connectivity index (χ4n) is 5.01. The molecule has 0 bridgehead atoms. The summed E-state index contributed by atoms with van der Waals surface area (Å²) in [5, 5.41) is 5.22. The van der Waals surface area contributed by atoms with E-state index in [0.29, 0.717) is 0 Å². The first kappa shape index (κ1) is 17.3. The van der Waals surface area contributed by atoms with Crippen LogP contribution in [-0.4, -0.2) is 9.13 Å². The highest BCUT2D eigenvalue weighted by Gasteiger charge is 2.22. The Labute approximate surface area is 176 Å². The number of hydrogen-bond donors (Lipinski definition) is 0. The molecule has 0 fully saturated rings. The molecule has 0 amide bonds. The van der Waals surface area contributed by atoms with Crippen molar-refractivity contribution in [3.8, 4) is 5.69 Å². The number of hydrogen-bond acceptors (Lipinski definition) is 0. The Morgan fingerprint density at radius 1 is 0.500 bits per heavy atom. The molecule has 0 spiro atoms. The Morgan fingerprint density at radius 3 is 1.73 bits per heavy atom. The van der Waals surface area contributed by atoms with Gasteiger partial charge in [-0.3, -0.25) is 0 Å². The fourth-order valence-corrected chi connectivity index (χ4v) is 5.01. The third-order valence-corrected chi connectivity index (χ3v) is 6.15. The zero-order chi connectivity index (χ0) is 20.5. The van der Waals surface area contributed by atoms with Crippen LogP contribution in [0.1, 0.15) is 20.8 Å². The summed E-state index contributed by atoms with van der Waals surface area (Å²) < 4.78 is 4.89. The van der Waals surface area contributed by atoms with Crippen molar-refractivity contribution in [2.75, 3.05) is 0 Å². The molecule has 6 aromatic rings. The molecule has 0 saturated carbocycles. The summed E-state index contributed by atoms with van der Waals surface area (Å²) in [6.45, 7) is 6.86. The fraction of sp³-hybridized carbons (Fsp3) is 0.143. The van der Waals surface area contributed by atoms with E-state index >= 15 is 0 Å². The minimum atomic E-state index is -0.00711. The average molecular weight is 389 g/mol. The lowest BCUT2D eigenvalue weighted by Gasteiger charge is -2.24. The number of fused-ring (bicyclic) bond motifs is 6. The van der Waals surface area contributed by atoms with Crippen LogP contribution in [0.25, 0.3) is 49.3 Å². The molecule has 0 radical (unpaired) electrons. The Hall–Kier alpha value is -3.52. The van der Waals surface area contributed by atoms with Gasteiger partial charge in [0.05, 0.1) is 16.6 Å². The molecule has 30 heavy (non-hydrogen) atoms. The third kappa shape index (κ3) is 2.31. The van der Waals surface area contributed by atoms with Gasteiger partial charge in [-0.2, -0.15) is 0 Å². The van der Waals surface area contributed by atoms with Gasteiger partial charge in [-0.1, -0.05) is 54.6 Å². The molecule has 0 aliphatic heterocycles. The molecular weight excluding hydrogens is 364 g/mol. The maximum atomic E-state index is 2.49. The highest BCUT2D eigenvalue weighted by atomic mass is 15.1. The van der Waals surface area contributed by atoms with Crippen LogP contribution in [-0.2, 0) is 5.54 Å². The maximum Gasteiger partial charge on any atom is 0.0548 e. The largest absolute Gasteiger partial charge is 0.335 e. The molecule has 0 aliphatic carbocycles. The second kappa shape index (κ2) is 5.99. The molecule has 4 aromatic carbocycles. The van der Waals surface area contributed by atoms with Crippen LogP contribution in [0, 0.1) is 0 Å². The number of nitrogens with zero attached hydrogens (tertiary/aromatic N) is 2. The van der Waals surface area contributed by atoms with Gasteiger partial charge in [0.25, 0.3) is 0 Å². The summed E-state index contributed by atoms with van der Waals surface area (Å²) in [5.41, 5.74) is 6.29. The van der Waals surface area contributed by atoms with Crippen LogP contribution >= 0.6 is 0 Å². The van der Waals surface area contributed by atoms with E-state index in [4.69, 9.17) is 0 Å². The molecule has 0 unspecified atom stereocenters. The zero-order valence-electron chi connectivity index (χ0n) is 17.6. The van der Waals surface area contributed by atoms with E-state index in [1.54, 1.807) is 0 Å². The molecule has 0 saturated heterocycles. The number of benzene rings is 4. The molecule has 2 heteroatoms. The summed E-state index contributed by atoms with van der Waals surface area (Å²) in [5.74, 6) is 0. The number of rotatable bonds is 1. The van der Waals surface area contributed by atoms with E-state index < -0.39 is 0 Å². The predicted molar refractivity (Wildman–Crippen MR) is 129 cm³/mol. The lowest BCUT2D eigenvalue weighted by atomic mass is 10.1. The van der Waals surface area contributed by atoms with E-state index in [1.807, 2.05) is 0 Å². The number of para-hydroxylation sites is 3. The van der Waals surface area contributed by atoms with E-state index in [1.165, 1.54) is 49.3 Å². The Kier molecular flexibility index (Phi) is 3.47. The van der Waals surface area contributed by atoms with Gasteiger partial charge in [0.1, 0.15) is 0 Å². The highest BCUT2D eigenvalue weighted by molar-refractivity contribution is 6.18. The summed E-state index contributed by atoms with van der Waals surface area (Å²) in [6.07, 6.45) is 0. The van der Waals surface area contributed by atoms with Crippen LogP contribution in [0.5, 0.6) is 0 Å². The van der Waals surface area contributed by atoms with E-state index in [-0.39, 0.29) is 5.54 Å². The zero-order valence-corrected chi connectivity index (χ0v) is 17.6. The molecule has 2 heterocycles. The Morgan fingerprint density at radius 2 is 1.03 bits per heavy atom. The van der Waals surface area contributed by atoms with Gasteiger partial charge in [-0.15, -0.1) is 0 Å². The molecule has 6 rings (SSSR count). The quantitative estimate of drug-likeness (QED) is 0.274. The smallest absolute Gasteiger partial charge is 0.0548 e. The van der Waals surface area contributed by atoms with Gasteiger partial charge >= 0.3 is 0 Å². The van der Waals surface area contributed by atoms with Crippen molar-refractivity contribution < 1.29 is 0 Å². The lowest BCUT2D eigenvalue weighted by Crippen LogP contribution is -2.21. The molecule has 0 aliphatic rings. The summed E-state index contributed by atoms with van der Waals surface area (Å²) in [6, 6.07) is 33.0. The van der Waals surface area contributed by atoms with Crippen molar-refractivity contribution in [3.05, 3.63) is 91.0 Å². The minimum absolute atomic E-state index is 0.00711. The summed E-state index contributed by atoms with van der Waals surface area (Å²) in [4.78, 5) is 0. The molecular formula is C28H24N2. The standard InChI is InChI=1S/C28H24N2/c1-28(2,3)30-25-16-10-8-14-21(25)23-17-26-22(18-27(23)30)20-13-7-9-15-24(20)29(26)19-11-5-4-6-12-19/h4-18H,1-3H3. The molecule has 0 N–H and O–H groups in total. The van der Waals surface area contributed by atoms with Gasteiger partial charge in [0.15, 0.2) is 0 Å². The first-order chi connectivity index (χ1) is 14.5. The van der Waals surface area contributed by atoms with E-state index in [2.05, 4.69) is 121 Å². The Balaban J connectivity index is 1.87. The summed E-state index contributed by atoms with van der Waals surface area (Å²) >= 11 is 0. The SMILES string of the molecule is CC(C)(C)n1c2ccccc2c2cc3c(cc21)c1ccccc1n3-c1ccccc1. The van der Waals surface area contributed by atoms with Gasteiger partial charge in [-0.05, 0) is 57.2 Å². The third-order valence-electron chi connectivity index (χ3n) is 6.15. The summed E-state index contributed by atoms with van der Waals surface area (Å²) in [7, 11) is 0. The van der Waals surface area contributed by atoms with Crippen molar-refractivity contribution in [2.24, 2.45) is 0 Å². The second-order valence-corrected chi connectivity index (χ2v) is 9.10. The van der Waals surface area contributed by atoms with E-state index in [0.717, 1.165) is 0 Å². The molecule has 2 aromatic heterocycles. The van der Waals surface area contributed by atoms with Crippen molar-refractivity contribution >= 4 is 43.6 Å². The Bertz CT molecular complexity index is 1560. The van der Waals surface area contributed by atoms with Crippen LogP contribution in [0.3, 0.4) is 0 Å². The van der Waals surface area contributed by atoms with Gasteiger partial charge in [-0.25, -0.2) is 0 Å². The lowest BCUT2D eigenvalue weighted by molar-refractivity contribution is 0.423. The molecule has 146 valence electrons. The second-order valence-electron chi connectivity index (χ2n) is 9.10. The topological polar surface area (TPSA) is 9.86 Å². The van der Waals surface area contributed by atoms with Gasteiger partial charge < -0.3 is 9.13 Å². The maximum absolute atomic E-state index is 2.49. The van der Waals surface area contributed by atoms with Crippen LogP contribution < -0.4 is 0 Å². The monoisotopic (exact) mass is 388 g/mol. The first-order valence-electron chi connectivity index (χ1n) is 10.6. The van der Waals surface area contributed by atoms with Crippen molar-refractivity contribution in [1.29, 1.82) is 0 Å². The normalized spacial score (nSPS) is 12.5. The predicted octanol–water partition coefficient (Wildman–Crippen LogP) is 7.65. The van der Waals surface area contributed by atoms with Crippen molar-refractivity contribution in [3.63, 3.8) is 0 Å². The van der Waals surface area contributed by atoms with Gasteiger partial charge in [0, 0.05) is 38.3 Å². The van der Waals surface area contributed by atoms with Crippen molar-refractivity contribution in [1.82, 2.24) is 9.13 Å². The van der Waals surface area contributed by atoms with Crippen LogP contribution in [0.15, 0.2) is 91.0 Å². The molecule has 2 nitrogen and oxygen atoms in total. The first-order valence-corrected chi connectivity index (χ1v) is 10.6. The minimum Gasteiger partial charge on any atom is -0.335 e.